The number of amides is 1. The third-order valence-electron chi connectivity index (χ3n) is 4.54. The van der Waals surface area contributed by atoms with Crippen molar-refractivity contribution >= 4 is 12.1 Å². The summed E-state index contributed by atoms with van der Waals surface area (Å²) in [5.41, 5.74) is 8.25. The third-order valence-corrected chi connectivity index (χ3v) is 4.54. The average molecular weight is 364 g/mol. The van der Waals surface area contributed by atoms with Crippen molar-refractivity contribution in [1.29, 1.82) is 0 Å². The van der Waals surface area contributed by atoms with E-state index in [9.17, 15) is 4.79 Å². The summed E-state index contributed by atoms with van der Waals surface area (Å²) >= 11 is 0. The number of aryl methyl sites for hydroxylation is 4. The summed E-state index contributed by atoms with van der Waals surface area (Å²) in [5.74, 6) is 0.993. The number of carbonyl (C=O) groups excluding carboxylic acids is 1. The van der Waals surface area contributed by atoms with Gasteiger partial charge in [-0.3, -0.25) is 9.48 Å². The zero-order valence-corrected chi connectivity index (χ0v) is 16.3. The molecule has 0 saturated carbocycles. The Morgan fingerprint density at radius 3 is 2.52 bits per heavy atom. The van der Waals surface area contributed by atoms with Gasteiger partial charge in [-0.05, 0) is 46.2 Å². The summed E-state index contributed by atoms with van der Waals surface area (Å²) in [5, 5.41) is 8.70. The van der Waals surface area contributed by atoms with Crippen molar-refractivity contribution in [2.24, 2.45) is 5.10 Å². The second-order valence-corrected chi connectivity index (χ2v) is 6.75. The zero-order chi connectivity index (χ0) is 19.6. The highest BCUT2D eigenvalue weighted by Gasteiger charge is 2.13. The molecule has 0 aliphatic carbocycles. The van der Waals surface area contributed by atoms with Crippen molar-refractivity contribution in [3.8, 4) is 0 Å². The summed E-state index contributed by atoms with van der Waals surface area (Å²) in [6.45, 7) is 10.3. The molecule has 2 aromatic heterocycles. The molecule has 3 rings (SSSR count). The molecule has 6 heteroatoms. The van der Waals surface area contributed by atoms with Crippen LogP contribution in [0, 0.1) is 34.6 Å². The van der Waals surface area contributed by atoms with Crippen molar-refractivity contribution in [2.75, 3.05) is 0 Å². The van der Waals surface area contributed by atoms with Gasteiger partial charge in [0.2, 0.25) is 0 Å². The molecule has 1 aromatic carbocycles. The molecule has 27 heavy (non-hydrogen) atoms. The first-order valence-corrected chi connectivity index (χ1v) is 8.85. The Balaban J connectivity index is 1.72. The van der Waals surface area contributed by atoms with E-state index in [1.54, 1.807) is 19.2 Å². The second kappa shape index (κ2) is 7.61. The Bertz CT molecular complexity index is 994. The monoisotopic (exact) mass is 364 g/mol. The first-order chi connectivity index (χ1) is 12.8. The molecular formula is C21H24N4O2. The quantitative estimate of drug-likeness (QED) is 0.552. The summed E-state index contributed by atoms with van der Waals surface area (Å²) in [6, 6.07) is 10.1. The van der Waals surface area contributed by atoms with Gasteiger partial charge in [0.25, 0.3) is 5.91 Å². The lowest BCUT2D eigenvalue weighted by Crippen LogP contribution is -2.17. The van der Waals surface area contributed by atoms with Crippen LogP contribution in [0.1, 0.15) is 50.0 Å². The van der Waals surface area contributed by atoms with Crippen LogP contribution in [0.3, 0.4) is 0 Å². The summed E-state index contributed by atoms with van der Waals surface area (Å²) in [4.78, 5) is 12.2. The third kappa shape index (κ3) is 4.16. The van der Waals surface area contributed by atoms with E-state index in [4.69, 9.17) is 4.42 Å². The fraction of sp³-hybridized carbons (Fsp3) is 0.286. The van der Waals surface area contributed by atoms with Gasteiger partial charge < -0.3 is 4.42 Å². The Morgan fingerprint density at radius 1 is 1.19 bits per heavy atom. The van der Waals surface area contributed by atoms with Crippen LogP contribution in [-0.2, 0) is 6.54 Å². The molecule has 6 nitrogen and oxygen atoms in total. The summed E-state index contributed by atoms with van der Waals surface area (Å²) in [6.07, 6.45) is 1.64. The predicted molar refractivity (Wildman–Crippen MR) is 105 cm³/mol. The van der Waals surface area contributed by atoms with E-state index in [0.717, 1.165) is 17.0 Å². The van der Waals surface area contributed by atoms with Crippen LogP contribution in [0.5, 0.6) is 0 Å². The molecule has 0 bridgehead atoms. The SMILES string of the molecule is Cc1ccc(Cn2nc(C)c(/C=N\NC(=O)c3cc(C)oc3C)c2C)cc1. The lowest BCUT2D eigenvalue weighted by Gasteiger charge is -2.05. The number of hydrogen-bond acceptors (Lipinski definition) is 4. The molecule has 0 saturated heterocycles. The minimum absolute atomic E-state index is 0.289. The largest absolute Gasteiger partial charge is 0.466 e. The van der Waals surface area contributed by atoms with E-state index in [0.29, 0.717) is 23.6 Å². The van der Waals surface area contributed by atoms with Crippen LogP contribution in [0.25, 0.3) is 0 Å². The Hall–Kier alpha value is -3.15. The molecule has 0 spiro atoms. The molecule has 0 fully saturated rings. The molecule has 0 unspecified atom stereocenters. The van der Waals surface area contributed by atoms with Crippen LogP contribution < -0.4 is 5.43 Å². The van der Waals surface area contributed by atoms with E-state index in [1.807, 2.05) is 25.5 Å². The molecule has 140 valence electrons. The van der Waals surface area contributed by atoms with E-state index in [1.165, 1.54) is 11.1 Å². The number of hydrazone groups is 1. The van der Waals surface area contributed by atoms with E-state index >= 15 is 0 Å². The van der Waals surface area contributed by atoms with Gasteiger partial charge in [0, 0.05) is 11.3 Å². The van der Waals surface area contributed by atoms with Gasteiger partial charge in [-0.25, -0.2) is 5.43 Å². The van der Waals surface area contributed by atoms with Gasteiger partial charge >= 0.3 is 0 Å². The van der Waals surface area contributed by atoms with Crippen molar-refractivity contribution in [3.63, 3.8) is 0 Å². The van der Waals surface area contributed by atoms with E-state index in [2.05, 4.69) is 46.8 Å². The Kier molecular flexibility index (Phi) is 5.26. The first-order valence-electron chi connectivity index (χ1n) is 8.85. The first kappa shape index (κ1) is 18.6. The highest BCUT2D eigenvalue weighted by atomic mass is 16.3. The number of benzene rings is 1. The lowest BCUT2D eigenvalue weighted by molar-refractivity contribution is 0.0953. The molecule has 1 N–H and O–H groups in total. The standard InChI is InChI=1S/C21H24N4O2/c1-13-6-8-18(9-7-13)12-25-16(4)20(15(3)24-25)11-22-23-21(26)19-10-14(2)27-17(19)5/h6-11H,12H2,1-5H3,(H,23,26)/b22-11-. The molecule has 1 amide bonds. The Labute approximate surface area is 158 Å². The average Bonchev–Trinajstić information content (AvgIpc) is 3.09. The molecular weight excluding hydrogens is 340 g/mol. The maximum absolute atomic E-state index is 12.2. The summed E-state index contributed by atoms with van der Waals surface area (Å²) < 4.78 is 7.33. The van der Waals surface area contributed by atoms with Gasteiger partial charge in [-0.15, -0.1) is 0 Å². The van der Waals surface area contributed by atoms with Crippen molar-refractivity contribution < 1.29 is 9.21 Å². The fourth-order valence-corrected chi connectivity index (χ4v) is 2.99. The second-order valence-electron chi connectivity index (χ2n) is 6.75. The molecule has 0 aliphatic heterocycles. The molecule has 2 heterocycles. The van der Waals surface area contributed by atoms with E-state index in [-0.39, 0.29) is 5.91 Å². The van der Waals surface area contributed by atoms with Crippen molar-refractivity contribution in [2.45, 2.75) is 41.2 Å². The van der Waals surface area contributed by atoms with Gasteiger partial charge in [-0.1, -0.05) is 29.8 Å². The van der Waals surface area contributed by atoms with Gasteiger partial charge in [-0.2, -0.15) is 10.2 Å². The number of aromatic nitrogens is 2. The van der Waals surface area contributed by atoms with Gasteiger partial charge in [0.15, 0.2) is 0 Å². The molecule has 0 atom stereocenters. The van der Waals surface area contributed by atoms with Gasteiger partial charge in [0.05, 0.1) is 24.0 Å². The highest BCUT2D eigenvalue weighted by molar-refractivity contribution is 5.96. The number of rotatable bonds is 5. The maximum Gasteiger partial charge on any atom is 0.274 e. The van der Waals surface area contributed by atoms with Crippen LogP contribution >= 0.6 is 0 Å². The zero-order valence-electron chi connectivity index (χ0n) is 16.3. The van der Waals surface area contributed by atoms with E-state index < -0.39 is 0 Å². The fourth-order valence-electron chi connectivity index (χ4n) is 2.99. The highest BCUT2D eigenvalue weighted by Crippen LogP contribution is 2.15. The number of furan rings is 1. The predicted octanol–water partition coefficient (Wildman–Crippen LogP) is 3.83. The van der Waals surface area contributed by atoms with Gasteiger partial charge in [0.1, 0.15) is 11.5 Å². The summed E-state index contributed by atoms with van der Waals surface area (Å²) in [7, 11) is 0. The van der Waals surface area contributed by atoms with Crippen LogP contribution in [0.2, 0.25) is 0 Å². The van der Waals surface area contributed by atoms with Crippen molar-refractivity contribution in [3.05, 3.63) is 75.5 Å². The maximum atomic E-state index is 12.2. The number of nitrogens with one attached hydrogen (secondary N) is 1. The van der Waals surface area contributed by atoms with Crippen molar-refractivity contribution in [1.82, 2.24) is 15.2 Å². The Morgan fingerprint density at radius 2 is 1.89 bits per heavy atom. The van der Waals surface area contributed by atoms with Crippen LogP contribution in [0.15, 0.2) is 39.9 Å². The smallest absolute Gasteiger partial charge is 0.274 e. The van der Waals surface area contributed by atoms with Crippen LogP contribution in [-0.4, -0.2) is 21.9 Å². The van der Waals surface area contributed by atoms with Crippen LogP contribution in [0.4, 0.5) is 0 Å². The molecule has 3 aromatic rings. The topological polar surface area (TPSA) is 72.4 Å². The molecule has 0 aliphatic rings. The normalized spacial score (nSPS) is 11.3. The lowest BCUT2D eigenvalue weighted by atomic mass is 10.1. The number of hydrogen-bond donors (Lipinski definition) is 1. The number of carbonyl (C=O) groups is 1. The minimum Gasteiger partial charge on any atom is -0.466 e. The number of nitrogens with zero attached hydrogens (tertiary/aromatic N) is 3. The molecule has 0 radical (unpaired) electrons. The minimum atomic E-state index is -0.289.